The second kappa shape index (κ2) is 5.91. The molecule has 2 heterocycles. The highest BCUT2D eigenvalue weighted by Crippen LogP contribution is 2.24. The van der Waals surface area contributed by atoms with E-state index >= 15 is 0 Å². The summed E-state index contributed by atoms with van der Waals surface area (Å²) in [5, 5.41) is 3.32. The molecule has 0 atom stereocenters. The Morgan fingerprint density at radius 3 is 3.05 bits per heavy atom. The molecule has 0 radical (unpaired) electrons. The Balaban J connectivity index is 1.87. The van der Waals surface area contributed by atoms with Crippen LogP contribution < -0.4 is 10.3 Å². The minimum atomic E-state index is 0.00870. The first-order valence-electron chi connectivity index (χ1n) is 6.39. The van der Waals surface area contributed by atoms with E-state index in [1.54, 1.807) is 30.5 Å². The van der Waals surface area contributed by atoms with Crippen molar-refractivity contribution in [2.45, 2.75) is 10.9 Å². The first-order valence-corrected chi connectivity index (χ1v) is 8.25. The predicted molar refractivity (Wildman–Crippen MR) is 87.4 cm³/mol. The van der Waals surface area contributed by atoms with Crippen LogP contribution in [0.15, 0.2) is 45.7 Å². The highest BCUT2D eigenvalue weighted by atomic mass is 32.2. The van der Waals surface area contributed by atoms with E-state index in [0.717, 1.165) is 27.1 Å². The number of nitrogens with zero attached hydrogens (tertiary/aromatic N) is 2. The molecule has 3 rings (SSSR count). The lowest BCUT2D eigenvalue weighted by molar-refractivity contribution is 0.414. The fourth-order valence-electron chi connectivity index (χ4n) is 2.02. The summed E-state index contributed by atoms with van der Waals surface area (Å²) in [5.74, 6) is 1.58. The number of hydrogen-bond acceptors (Lipinski definition) is 5. The van der Waals surface area contributed by atoms with Crippen molar-refractivity contribution in [1.29, 1.82) is 0 Å². The van der Waals surface area contributed by atoms with Crippen LogP contribution in [0.5, 0.6) is 5.75 Å². The van der Waals surface area contributed by atoms with Crippen molar-refractivity contribution in [3.63, 3.8) is 0 Å². The largest absolute Gasteiger partial charge is 0.497 e. The molecule has 0 fully saturated rings. The van der Waals surface area contributed by atoms with Gasteiger partial charge in [-0.25, -0.2) is 4.98 Å². The van der Waals surface area contributed by atoms with Gasteiger partial charge in [0.05, 0.1) is 12.5 Å². The molecule has 6 heteroatoms. The molecule has 2 aromatic heterocycles. The number of aromatic nitrogens is 2. The van der Waals surface area contributed by atoms with Gasteiger partial charge < -0.3 is 4.74 Å². The summed E-state index contributed by atoms with van der Waals surface area (Å²) in [5.41, 5.74) is 1.15. The van der Waals surface area contributed by atoms with Gasteiger partial charge in [-0.05, 0) is 29.1 Å². The van der Waals surface area contributed by atoms with Gasteiger partial charge in [0.25, 0.3) is 5.56 Å². The van der Waals surface area contributed by atoms with Crippen LogP contribution in [-0.4, -0.2) is 16.7 Å². The van der Waals surface area contributed by atoms with E-state index in [0.29, 0.717) is 5.39 Å². The van der Waals surface area contributed by atoms with E-state index in [9.17, 15) is 4.79 Å². The Labute approximate surface area is 130 Å². The van der Waals surface area contributed by atoms with Crippen LogP contribution in [0.1, 0.15) is 5.56 Å². The second-order valence-electron chi connectivity index (χ2n) is 4.54. The zero-order valence-corrected chi connectivity index (χ0v) is 13.3. The topological polar surface area (TPSA) is 44.1 Å². The molecule has 4 nitrogen and oxygen atoms in total. The maximum atomic E-state index is 12.2. The first-order chi connectivity index (χ1) is 10.2. The lowest BCUT2D eigenvalue weighted by Gasteiger charge is -2.07. The van der Waals surface area contributed by atoms with Gasteiger partial charge in [0.15, 0.2) is 5.16 Å². The van der Waals surface area contributed by atoms with Crippen LogP contribution in [-0.2, 0) is 12.8 Å². The van der Waals surface area contributed by atoms with Crippen molar-refractivity contribution >= 4 is 33.3 Å². The SMILES string of the molecule is COc1cccc(CSc2nc3sccc3c(=O)n2C)c1. The fraction of sp³-hybridized carbons (Fsp3) is 0.200. The smallest absolute Gasteiger partial charge is 0.262 e. The number of ether oxygens (including phenoxy) is 1. The number of benzene rings is 1. The van der Waals surface area contributed by atoms with Gasteiger partial charge in [0, 0.05) is 12.8 Å². The summed E-state index contributed by atoms with van der Waals surface area (Å²) in [6.45, 7) is 0. The maximum Gasteiger partial charge on any atom is 0.262 e. The summed E-state index contributed by atoms with van der Waals surface area (Å²) in [6.07, 6.45) is 0. The maximum absolute atomic E-state index is 12.2. The third-order valence-corrected chi connectivity index (χ3v) is 5.07. The third kappa shape index (κ3) is 2.82. The number of methoxy groups -OCH3 is 1. The molecule has 0 saturated carbocycles. The Bertz CT molecular complexity index is 839. The Morgan fingerprint density at radius 2 is 2.24 bits per heavy atom. The average molecular weight is 318 g/mol. The normalized spacial score (nSPS) is 11.0. The predicted octanol–water partition coefficient (Wildman–Crippen LogP) is 3.30. The number of thioether (sulfide) groups is 1. The van der Waals surface area contributed by atoms with Crippen molar-refractivity contribution in [2.75, 3.05) is 7.11 Å². The molecule has 0 saturated heterocycles. The van der Waals surface area contributed by atoms with E-state index in [1.807, 2.05) is 35.7 Å². The third-order valence-electron chi connectivity index (χ3n) is 3.17. The zero-order valence-electron chi connectivity index (χ0n) is 11.7. The van der Waals surface area contributed by atoms with Crippen molar-refractivity contribution in [2.24, 2.45) is 7.05 Å². The molecule has 0 amide bonds. The average Bonchev–Trinajstić information content (AvgIpc) is 2.98. The second-order valence-corrected chi connectivity index (χ2v) is 6.38. The molecular weight excluding hydrogens is 304 g/mol. The van der Waals surface area contributed by atoms with E-state index in [2.05, 4.69) is 4.98 Å². The van der Waals surface area contributed by atoms with Gasteiger partial charge >= 0.3 is 0 Å². The minimum absolute atomic E-state index is 0.00870. The molecule has 0 aliphatic carbocycles. The van der Waals surface area contributed by atoms with Crippen molar-refractivity contribution in [3.8, 4) is 5.75 Å². The monoisotopic (exact) mass is 318 g/mol. The number of fused-ring (bicyclic) bond motifs is 1. The molecule has 0 aliphatic heterocycles. The van der Waals surface area contributed by atoms with Gasteiger partial charge in [0.1, 0.15) is 10.6 Å². The van der Waals surface area contributed by atoms with Gasteiger partial charge in [-0.15, -0.1) is 11.3 Å². The van der Waals surface area contributed by atoms with Crippen LogP contribution in [0.2, 0.25) is 0 Å². The van der Waals surface area contributed by atoms with Crippen LogP contribution in [0, 0.1) is 0 Å². The quantitative estimate of drug-likeness (QED) is 0.547. The highest BCUT2D eigenvalue weighted by Gasteiger charge is 2.09. The van der Waals surface area contributed by atoms with Crippen LogP contribution in [0.25, 0.3) is 10.2 Å². The number of thiophene rings is 1. The molecule has 0 unspecified atom stereocenters. The van der Waals surface area contributed by atoms with Crippen molar-refractivity contribution < 1.29 is 4.74 Å². The molecule has 21 heavy (non-hydrogen) atoms. The Kier molecular flexibility index (Phi) is 3.98. The van der Waals surface area contributed by atoms with Crippen LogP contribution in [0.3, 0.4) is 0 Å². The summed E-state index contributed by atoms with van der Waals surface area (Å²) in [6, 6.07) is 9.74. The molecule has 3 aromatic rings. The zero-order chi connectivity index (χ0) is 14.8. The molecule has 0 aliphatic rings. The van der Waals surface area contributed by atoms with Crippen molar-refractivity contribution in [3.05, 3.63) is 51.6 Å². The summed E-state index contributed by atoms with van der Waals surface area (Å²) < 4.78 is 6.83. The summed E-state index contributed by atoms with van der Waals surface area (Å²) in [7, 11) is 3.42. The van der Waals surface area contributed by atoms with Gasteiger partial charge in [-0.2, -0.15) is 0 Å². The van der Waals surface area contributed by atoms with E-state index in [4.69, 9.17) is 4.74 Å². The first kappa shape index (κ1) is 14.2. The number of hydrogen-bond donors (Lipinski definition) is 0. The van der Waals surface area contributed by atoms with Crippen LogP contribution >= 0.6 is 23.1 Å². The molecule has 108 valence electrons. The minimum Gasteiger partial charge on any atom is -0.497 e. The molecule has 0 spiro atoms. The highest BCUT2D eigenvalue weighted by molar-refractivity contribution is 7.98. The molecule has 0 bridgehead atoms. The Hall–Kier alpha value is -1.79. The molecule has 0 N–H and O–H groups in total. The standard InChI is InChI=1S/C15H14N2O2S2/c1-17-14(18)12-6-7-20-13(12)16-15(17)21-9-10-4-3-5-11(8-10)19-2/h3-8H,9H2,1-2H3. The summed E-state index contributed by atoms with van der Waals surface area (Å²) in [4.78, 5) is 17.6. The fourth-order valence-corrected chi connectivity index (χ4v) is 3.74. The molecule has 1 aromatic carbocycles. The van der Waals surface area contributed by atoms with Crippen molar-refractivity contribution in [1.82, 2.24) is 9.55 Å². The van der Waals surface area contributed by atoms with E-state index < -0.39 is 0 Å². The molecular formula is C15H14N2O2S2. The van der Waals surface area contributed by atoms with E-state index in [1.165, 1.54) is 11.3 Å². The van der Waals surface area contributed by atoms with Gasteiger partial charge in [-0.1, -0.05) is 23.9 Å². The van der Waals surface area contributed by atoms with Gasteiger partial charge in [-0.3, -0.25) is 9.36 Å². The van der Waals surface area contributed by atoms with Crippen LogP contribution in [0.4, 0.5) is 0 Å². The lowest BCUT2D eigenvalue weighted by atomic mass is 10.2. The van der Waals surface area contributed by atoms with Gasteiger partial charge in [0.2, 0.25) is 0 Å². The number of rotatable bonds is 4. The van der Waals surface area contributed by atoms with E-state index in [-0.39, 0.29) is 5.56 Å². The summed E-state index contributed by atoms with van der Waals surface area (Å²) >= 11 is 3.05. The Morgan fingerprint density at radius 1 is 1.38 bits per heavy atom. The lowest BCUT2D eigenvalue weighted by Crippen LogP contribution is -2.19.